The van der Waals surface area contributed by atoms with Crippen molar-refractivity contribution < 1.29 is 28.7 Å². The first-order valence-electron chi connectivity index (χ1n) is 16.5. The van der Waals surface area contributed by atoms with Gasteiger partial charge in [0.2, 0.25) is 0 Å². The molecular weight excluding hydrogens is 642 g/mol. The highest BCUT2D eigenvalue weighted by Crippen LogP contribution is 2.18. The van der Waals surface area contributed by atoms with Gasteiger partial charge in [-0.3, -0.25) is 0 Å². The van der Waals surface area contributed by atoms with Crippen LogP contribution in [0.25, 0.3) is 10.4 Å². The molecule has 0 aliphatic carbocycles. The molecule has 0 bridgehead atoms. The number of unbranched alkanes of at least 4 members (excludes halogenated alkanes) is 1. The Kier molecular flexibility index (Phi) is 17.5. The number of ether oxygens (including phenoxy) is 2. The van der Waals surface area contributed by atoms with Crippen LogP contribution in [0.5, 0.6) is 0 Å². The first-order chi connectivity index (χ1) is 22.8. The molecule has 6 amide bonds. The van der Waals surface area contributed by atoms with Gasteiger partial charge < -0.3 is 41.0 Å². The maximum Gasteiger partial charge on any atom is 0.407 e. The normalized spacial score (nSPS) is 15.5. The Balaban J connectivity index is 1.91. The van der Waals surface area contributed by atoms with Crippen LogP contribution in [0.1, 0.15) is 78.7 Å². The second-order valence-electron chi connectivity index (χ2n) is 13.2. The van der Waals surface area contributed by atoms with E-state index in [0.29, 0.717) is 49.4 Å². The van der Waals surface area contributed by atoms with Crippen molar-refractivity contribution in [1.82, 2.24) is 31.5 Å². The number of hydrogen-bond donors (Lipinski definition) is 5. The number of halogens is 1. The standard InChI is InChI=1S/C32H52ClN9O6/c1-22(2)17-25(40-31(46)48-32(3,4)5)19-36-28(43)39-24(18-37-29(44)42-16-10-13-26(42)20-38-41-34)12-8-9-15-35-30(45)47-21-23-11-6-7-14-27(23)33/h6-7,11,14,22,24-26H,8-10,12-13,15-21H2,1-5H3,(H,35,45)(H,37,44)(H,40,46)(H2,36,39,43)/t24-,25-,26-/m0/s1. The Bertz CT molecular complexity index is 1240. The lowest BCUT2D eigenvalue weighted by Crippen LogP contribution is -2.53. The van der Waals surface area contributed by atoms with Crippen LogP contribution in [0.4, 0.5) is 19.2 Å². The molecule has 2 rings (SSSR count). The number of nitrogens with zero attached hydrogens (tertiary/aromatic N) is 4. The lowest BCUT2D eigenvalue weighted by Gasteiger charge is -2.27. The maximum absolute atomic E-state index is 13.0. The second-order valence-corrected chi connectivity index (χ2v) is 13.6. The first kappa shape index (κ1) is 40.1. The van der Waals surface area contributed by atoms with Crippen molar-refractivity contribution in [3.05, 3.63) is 45.3 Å². The van der Waals surface area contributed by atoms with Gasteiger partial charge in [0.05, 0.1) is 0 Å². The lowest BCUT2D eigenvalue weighted by atomic mass is 10.0. The van der Waals surface area contributed by atoms with Gasteiger partial charge in [0.15, 0.2) is 0 Å². The van der Waals surface area contributed by atoms with Gasteiger partial charge in [0, 0.05) is 66.3 Å². The molecule has 1 saturated heterocycles. The first-order valence-corrected chi connectivity index (χ1v) is 16.9. The zero-order valence-corrected chi connectivity index (χ0v) is 29.5. The Morgan fingerprint density at radius 1 is 1.04 bits per heavy atom. The molecule has 1 heterocycles. The molecule has 48 heavy (non-hydrogen) atoms. The molecule has 0 saturated carbocycles. The largest absolute Gasteiger partial charge is 0.445 e. The minimum Gasteiger partial charge on any atom is -0.445 e. The van der Waals surface area contributed by atoms with Crippen LogP contribution in [-0.4, -0.2) is 85.6 Å². The summed E-state index contributed by atoms with van der Waals surface area (Å²) in [5.41, 5.74) is 8.74. The number of nitrogens with one attached hydrogen (secondary N) is 5. The van der Waals surface area contributed by atoms with Crippen molar-refractivity contribution in [1.29, 1.82) is 0 Å². The Labute approximate surface area is 288 Å². The zero-order chi connectivity index (χ0) is 35.5. The summed E-state index contributed by atoms with van der Waals surface area (Å²) in [6.45, 7) is 10.9. The average molecular weight is 694 g/mol. The van der Waals surface area contributed by atoms with E-state index in [1.54, 1.807) is 43.9 Å². The summed E-state index contributed by atoms with van der Waals surface area (Å²) in [5, 5.41) is 18.4. The van der Waals surface area contributed by atoms with Gasteiger partial charge >= 0.3 is 24.2 Å². The van der Waals surface area contributed by atoms with Gasteiger partial charge in [-0.25, -0.2) is 19.2 Å². The van der Waals surface area contributed by atoms with E-state index in [-0.39, 0.29) is 50.3 Å². The van der Waals surface area contributed by atoms with Crippen molar-refractivity contribution in [3.8, 4) is 0 Å². The Hall–Kier alpha value is -4.10. The fourth-order valence-corrected chi connectivity index (χ4v) is 5.36. The molecule has 1 aromatic rings. The van der Waals surface area contributed by atoms with Crippen LogP contribution in [0, 0.1) is 5.92 Å². The fourth-order valence-electron chi connectivity index (χ4n) is 5.17. The summed E-state index contributed by atoms with van der Waals surface area (Å²) in [6.07, 6.45) is 2.81. The third-order valence-corrected chi connectivity index (χ3v) is 7.75. The van der Waals surface area contributed by atoms with Gasteiger partial charge in [-0.2, -0.15) is 0 Å². The van der Waals surface area contributed by atoms with E-state index in [1.165, 1.54) is 0 Å². The van der Waals surface area contributed by atoms with Gasteiger partial charge in [-0.15, -0.1) is 0 Å². The number of urea groups is 2. The number of amides is 6. The highest BCUT2D eigenvalue weighted by Gasteiger charge is 2.28. The van der Waals surface area contributed by atoms with E-state index < -0.39 is 29.9 Å². The molecule has 1 aliphatic rings. The van der Waals surface area contributed by atoms with E-state index >= 15 is 0 Å². The molecule has 0 aromatic heterocycles. The van der Waals surface area contributed by atoms with E-state index in [0.717, 1.165) is 12.8 Å². The molecule has 1 fully saturated rings. The maximum atomic E-state index is 13.0. The average Bonchev–Trinajstić information content (AvgIpc) is 3.48. The third kappa shape index (κ3) is 16.6. The number of benzene rings is 1. The van der Waals surface area contributed by atoms with Gasteiger partial charge in [-0.1, -0.05) is 48.8 Å². The minimum atomic E-state index is -0.654. The molecular formula is C32H52ClN9O6. The topological polar surface area (TPSA) is 199 Å². The van der Waals surface area contributed by atoms with Gasteiger partial charge in [0.25, 0.3) is 0 Å². The van der Waals surface area contributed by atoms with Crippen molar-refractivity contribution in [3.63, 3.8) is 0 Å². The number of azide groups is 1. The lowest BCUT2D eigenvalue weighted by molar-refractivity contribution is 0.0498. The number of rotatable bonds is 17. The smallest absolute Gasteiger partial charge is 0.407 e. The van der Waals surface area contributed by atoms with Crippen molar-refractivity contribution in [2.45, 2.75) is 103 Å². The van der Waals surface area contributed by atoms with Crippen LogP contribution in [0.15, 0.2) is 29.4 Å². The highest BCUT2D eigenvalue weighted by atomic mass is 35.5. The van der Waals surface area contributed by atoms with Crippen molar-refractivity contribution >= 4 is 35.8 Å². The summed E-state index contributed by atoms with van der Waals surface area (Å²) < 4.78 is 10.6. The Morgan fingerprint density at radius 2 is 1.77 bits per heavy atom. The Morgan fingerprint density at radius 3 is 2.46 bits per heavy atom. The summed E-state index contributed by atoms with van der Waals surface area (Å²) in [5.74, 6) is 0.257. The van der Waals surface area contributed by atoms with E-state index in [9.17, 15) is 19.2 Å². The molecule has 0 unspecified atom stereocenters. The summed E-state index contributed by atoms with van der Waals surface area (Å²) in [7, 11) is 0. The van der Waals surface area contributed by atoms with Crippen LogP contribution in [-0.2, 0) is 16.1 Å². The molecule has 16 heteroatoms. The number of hydrogen-bond acceptors (Lipinski definition) is 7. The summed E-state index contributed by atoms with van der Waals surface area (Å²) in [6, 6.07) is 5.43. The predicted molar refractivity (Wildman–Crippen MR) is 184 cm³/mol. The monoisotopic (exact) mass is 693 g/mol. The molecule has 268 valence electrons. The van der Waals surface area contributed by atoms with E-state index in [1.807, 2.05) is 19.9 Å². The number of alkyl carbamates (subject to hydrolysis) is 2. The van der Waals surface area contributed by atoms with E-state index in [4.69, 9.17) is 26.6 Å². The molecule has 5 N–H and O–H groups in total. The van der Waals surface area contributed by atoms with Crippen molar-refractivity contribution in [2.75, 3.05) is 32.7 Å². The molecule has 1 aliphatic heterocycles. The molecule has 0 spiro atoms. The molecule has 1 aromatic carbocycles. The fraction of sp³-hybridized carbons (Fsp3) is 0.688. The quantitative estimate of drug-likeness (QED) is 0.0588. The number of carbonyl (C=O) groups excluding carboxylic acids is 4. The minimum absolute atomic E-state index is 0.0539. The van der Waals surface area contributed by atoms with Crippen LogP contribution >= 0.6 is 11.6 Å². The van der Waals surface area contributed by atoms with Gasteiger partial charge in [0.1, 0.15) is 12.2 Å². The second kappa shape index (κ2) is 21.0. The molecule has 0 radical (unpaired) electrons. The van der Waals surface area contributed by atoms with E-state index in [2.05, 4.69) is 36.6 Å². The molecule has 15 nitrogen and oxygen atoms in total. The summed E-state index contributed by atoms with van der Waals surface area (Å²) in [4.78, 5) is 55.0. The van der Waals surface area contributed by atoms with Crippen LogP contribution < -0.4 is 26.6 Å². The molecule has 3 atom stereocenters. The number of carbonyl (C=O) groups is 4. The van der Waals surface area contributed by atoms with Crippen molar-refractivity contribution in [2.24, 2.45) is 11.0 Å². The zero-order valence-electron chi connectivity index (χ0n) is 28.7. The highest BCUT2D eigenvalue weighted by molar-refractivity contribution is 6.31. The predicted octanol–water partition coefficient (Wildman–Crippen LogP) is 5.83. The SMILES string of the molecule is CC(C)C[C@@H](CNC(=O)N[C@@H](CCCCNC(=O)OCc1ccccc1Cl)CNC(=O)N1CCC[C@H]1CN=[N+]=[N-])NC(=O)OC(C)(C)C. The van der Waals surface area contributed by atoms with Gasteiger partial charge in [-0.05, 0) is 76.8 Å². The van der Waals surface area contributed by atoms with Crippen LogP contribution in [0.3, 0.4) is 0 Å². The number of likely N-dealkylation sites (tertiary alicyclic amines) is 1. The third-order valence-electron chi connectivity index (χ3n) is 7.38. The van der Waals surface area contributed by atoms with Crippen LogP contribution in [0.2, 0.25) is 5.02 Å². The summed E-state index contributed by atoms with van der Waals surface area (Å²) >= 11 is 6.11.